The highest BCUT2D eigenvalue weighted by atomic mass is 35.5. The normalized spacial score (nSPS) is 16.0. The summed E-state index contributed by atoms with van der Waals surface area (Å²) in [5.41, 5.74) is 1.75. The van der Waals surface area contributed by atoms with Gasteiger partial charge in [0.2, 0.25) is 0 Å². The van der Waals surface area contributed by atoms with E-state index < -0.39 is 0 Å². The average molecular weight is 278 g/mol. The zero-order valence-corrected chi connectivity index (χ0v) is 11.6. The van der Waals surface area contributed by atoms with E-state index in [2.05, 4.69) is 5.32 Å². The highest BCUT2D eigenvalue weighted by Gasteiger charge is 2.21. The minimum atomic E-state index is 0.106. The van der Waals surface area contributed by atoms with E-state index in [9.17, 15) is 4.79 Å². The van der Waals surface area contributed by atoms with Gasteiger partial charge >= 0.3 is 0 Å². The molecule has 5 heteroatoms. The predicted molar refractivity (Wildman–Crippen MR) is 76.7 cm³/mol. The molecule has 0 saturated carbocycles. The summed E-state index contributed by atoms with van der Waals surface area (Å²) in [4.78, 5) is 14.5. The maximum atomic E-state index is 12.6. The molecule has 0 spiro atoms. The van der Waals surface area contributed by atoms with Crippen molar-refractivity contribution < 1.29 is 4.79 Å². The van der Waals surface area contributed by atoms with Gasteiger partial charge in [0.05, 0.1) is 11.1 Å². The third-order valence-corrected chi connectivity index (χ3v) is 3.82. The van der Waals surface area contributed by atoms with Crippen LogP contribution in [0.2, 0.25) is 5.02 Å². The Bertz CT molecular complexity index is 629. The second kappa shape index (κ2) is 4.87. The fraction of sp³-hybridized carbons (Fsp3) is 0.357. The minimum absolute atomic E-state index is 0.106. The predicted octanol–water partition coefficient (Wildman–Crippen LogP) is 1.88. The molecule has 1 amide bonds. The van der Waals surface area contributed by atoms with Crippen LogP contribution in [0.15, 0.2) is 24.4 Å². The van der Waals surface area contributed by atoms with Crippen molar-refractivity contribution in [3.05, 3.63) is 35.0 Å². The van der Waals surface area contributed by atoms with Crippen LogP contribution in [0.4, 0.5) is 0 Å². The number of nitrogens with one attached hydrogen (secondary N) is 1. The van der Waals surface area contributed by atoms with Crippen LogP contribution >= 0.6 is 11.6 Å². The largest absolute Gasteiger partial charge is 0.350 e. The zero-order chi connectivity index (χ0) is 13.4. The van der Waals surface area contributed by atoms with Crippen molar-refractivity contribution >= 4 is 28.4 Å². The summed E-state index contributed by atoms with van der Waals surface area (Å²) < 4.78 is 1.96. The average Bonchev–Trinajstić information content (AvgIpc) is 2.76. The number of fused-ring (bicyclic) bond motifs is 1. The van der Waals surface area contributed by atoms with Gasteiger partial charge < -0.3 is 14.8 Å². The van der Waals surface area contributed by atoms with Crippen molar-refractivity contribution in [2.45, 2.75) is 0 Å². The van der Waals surface area contributed by atoms with Crippen molar-refractivity contribution in [2.75, 3.05) is 26.2 Å². The van der Waals surface area contributed by atoms with Gasteiger partial charge in [-0.25, -0.2) is 0 Å². The number of hydrogen-bond donors (Lipinski definition) is 1. The van der Waals surface area contributed by atoms with Crippen LogP contribution in [0.1, 0.15) is 10.4 Å². The van der Waals surface area contributed by atoms with Gasteiger partial charge in [-0.15, -0.1) is 0 Å². The molecule has 0 unspecified atom stereocenters. The standard InChI is InChI=1S/C14H16ClN3O/c1-17-9-12(11-3-2-10(15)8-13(11)17)14(19)18-6-4-16-5-7-18/h2-3,8-9,16H,4-7H2,1H3. The molecule has 1 saturated heterocycles. The third-order valence-electron chi connectivity index (χ3n) is 3.59. The van der Waals surface area contributed by atoms with Crippen LogP contribution in [0, 0.1) is 0 Å². The van der Waals surface area contributed by atoms with Crippen LogP contribution < -0.4 is 5.32 Å². The van der Waals surface area contributed by atoms with Gasteiger partial charge in [0.25, 0.3) is 5.91 Å². The monoisotopic (exact) mass is 277 g/mol. The Kier molecular flexibility index (Phi) is 3.21. The number of carbonyl (C=O) groups is 1. The zero-order valence-electron chi connectivity index (χ0n) is 10.8. The number of amides is 1. The van der Waals surface area contributed by atoms with E-state index in [1.165, 1.54) is 0 Å². The summed E-state index contributed by atoms with van der Waals surface area (Å²) in [6.45, 7) is 3.26. The van der Waals surface area contributed by atoms with E-state index in [1.54, 1.807) is 0 Å². The van der Waals surface area contributed by atoms with E-state index in [4.69, 9.17) is 11.6 Å². The highest BCUT2D eigenvalue weighted by molar-refractivity contribution is 6.31. The fourth-order valence-electron chi connectivity index (χ4n) is 2.57. The molecule has 1 N–H and O–H groups in total. The number of piperazine rings is 1. The third kappa shape index (κ3) is 2.22. The summed E-state index contributed by atoms with van der Waals surface area (Å²) in [7, 11) is 1.94. The molecule has 1 aliphatic heterocycles. The number of rotatable bonds is 1. The maximum Gasteiger partial charge on any atom is 0.256 e. The molecule has 2 aromatic rings. The van der Waals surface area contributed by atoms with Gasteiger partial charge in [0.1, 0.15) is 0 Å². The molecule has 0 atom stereocenters. The second-order valence-corrected chi connectivity index (χ2v) is 5.29. The van der Waals surface area contributed by atoms with Crippen LogP contribution in [-0.2, 0) is 7.05 Å². The first-order chi connectivity index (χ1) is 9.16. The first-order valence-electron chi connectivity index (χ1n) is 6.41. The SMILES string of the molecule is Cn1cc(C(=O)N2CCNCC2)c2ccc(Cl)cc21. The van der Waals surface area contributed by atoms with E-state index in [0.717, 1.165) is 42.6 Å². The van der Waals surface area contributed by atoms with Gasteiger partial charge in [-0.3, -0.25) is 4.79 Å². The maximum absolute atomic E-state index is 12.6. The Morgan fingerprint density at radius 1 is 1.32 bits per heavy atom. The van der Waals surface area contributed by atoms with E-state index in [-0.39, 0.29) is 5.91 Å². The van der Waals surface area contributed by atoms with Crippen molar-refractivity contribution in [1.82, 2.24) is 14.8 Å². The Balaban J connectivity index is 2.02. The molecule has 1 aromatic carbocycles. The quantitative estimate of drug-likeness (QED) is 0.864. The molecule has 19 heavy (non-hydrogen) atoms. The lowest BCUT2D eigenvalue weighted by atomic mass is 10.1. The molecule has 100 valence electrons. The number of aryl methyl sites for hydroxylation is 1. The second-order valence-electron chi connectivity index (χ2n) is 4.86. The molecule has 3 rings (SSSR count). The van der Waals surface area contributed by atoms with Gasteiger partial charge in [-0.2, -0.15) is 0 Å². The van der Waals surface area contributed by atoms with Crippen molar-refractivity contribution in [3.8, 4) is 0 Å². The molecule has 1 fully saturated rings. The molecule has 0 aliphatic carbocycles. The summed E-state index contributed by atoms with van der Waals surface area (Å²) in [6.07, 6.45) is 1.89. The summed E-state index contributed by atoms with van der Waals surface area (Å²) in [5, 5.41) is 4.91. The molecule has 1 aromatic heterocycles. The highest BCUT2D eigenvalue weighted by Crippen LogP contribution is 2.25. The molecule has 4 nitrogen and oxygen atoms in total. The van der Waals surface area contributed by atoms with E-state index in [1.807, 2.05) is 40.9 Å². The van der Waals surface area contributed by atoms with Crippen molar-refractivity contribution in [1.29, 1.82) is 0 Å². The topological polar surface area (TPSA) is 37.3 Å². The Hall–Kier alpha value is -1.52. The van der Waals surface area contributed by atoms with Gasteiger partial charge in [0.15, 0.2) is 0 Å². The lowest BCUT2D eigenvalue weighted by molar-refractivity contribution is 0.0737. The number of carbonyl (C=O) groups excluding carboxylic acids is 1. The van der Waals surface area contributed by atoms with Gasteiger partial charge in [0, 0.05) is 49.8 Å². The number of nitrogens with zero attached hydrogens (tertiary/aromatic N) is 2. The summed E-state index contributed by atoms with van der Waals surface area (Å²) >= 11 is 6.01. The molecule has 2 heterocycles. The van der Waals surface area contributed by atoms with Crippen molar-refractivity contribution in [3.63, 3.8) is 0 Å². The van der Waals surface area contributed by atoms with Gasteiger partial charge in [-0.1, -0.05) is 17.7 Å². The summed E-state index contributed by atoms with van der Waals surface area (Å²) in [5.74, 6) is 0.106. The number of hydrogen-bond acceptors (Lipinski definition) is 2. The van der Waals surface area contributed by atoms with Crippen LogP contribution in [0.5, 0.6) is 0 Å². The van der Waals surface area contributed by atoms with Gasteiger partial charge in [-0.05, 0) is 12.1 Å². The Labute approximate surface area is 116 Å². The lowest BCUT2D eigenvalue weighted by Crippen LogP contribution is -2.46. The minimum Gasteiger partial charge on any atom is -0.350 e. The summed E-state index contributed by atoms with van der Waals surface area (Å²) in [6, 6.07) is 5.65. The van der Waals surface area contributed by atoms with Crippen LogP contribution in [0.3, 0.4) is 0 Å². The molecule has 1 aliphatic rings. The Morgan fingerprint density at radius 3 is 2.79 bits per heavy atom. The smallest absolute Gasteiger partial charge is 0.256 e. The number of benzene rings is 1. The van der Waals surface area contributed by atoms with Crippen molar-refractivity contribution in [2.24, 2.45) is 7.05 Å². The lowest BCUT2D eigenvalue weighted by Gasteiger charge is -2.27. The van der Waals surface area contributed by atoms with E-state index >= 15 is 0 Å². The molecule has 0 radical (unpaired) electrons. The molecular weight excluding hydrogens is 262 g/mol. The number of halogens is 1. The van der Waals surface area contributed by atoms with Crippen LogP contribution in [-0.4, -0.2) is 41.6 Å². The molecule has 0 bridgehead atoms. The van der Waals surface area contributed by atoms with E-state index in [0.29, 0.717) is 5.02 Å². The molecular formula is C14H16ClN3O. The first-order valence-corrected chi connectivity index (χ1v) is 6.79. The number of aromatic nitrogens is 1. The fourth-order valence-corrected chi connectivity index (χ4v) is 2.73. The first kappa shape index (κ1) is 12.5. The Morgan fingerprint density at radius 2 is 2.05 bits per heavy atom. The van der Waals surface area contributed by atoms with Crippen LogP contribution in [0.25, 0.3) is 10.9 Å².